The normalized spacial score (nSPS) is 19.1. The maximum absolute atomic E-state index is 10.1. The SMILES string of the molecule is Cl.N[C@H](c1ccc(Cl)c(Cl)c1)[C@@H](O)C1CCC1. The van der Waals surface area contributed by atoms with Crippen LogP contribution in [-0.4, -0.2) is 11.2 Å². The maximum Gasteiger partial charge on any atom is 0.0760 e. The molecular weight excluding hydrogens is 280 g/mol. The molecule has 1 aliphatic carbocycles. The Morgan fingerprint density at radius 1 is 1.24 bits per heavy atom. The van der Waals surface area contributed by atoms with E-state index in [1.54, 1.807) is 12.1 Å². The maximum atomic E-state index is 10.1. The van der Waals surface area contributed by atoms with Gasteiger partial charge in [-0.05, 0) is 36.5 Å². The standard InChI is InChI=1S/C12H15Cl2NO.ClH/c13-9-5-4-8(6-10(9)14)11(15)12(16)7-2-1-3-7;/h4-7,11-12,16H,1-3,15H2;1H/t11-,12+;/m1./s1. The van der Waals surface area contributed by atoms with E-state index in [9.17, 15) is 5.11 Å². The molecule has 2 rings (SSSR count). The molecule has 0 aromatic heterocycles. The number of nitrogens with two attached hydrogens (primary N) is 1. The summed E-state index contributed by atoms with van der Waals surface area (Å²) in [5.41, 5.74) is 6.86. The molecule has 1 fully saturated rings. The van der Waals surface area contributed by atoms with Crippen LogP contribution in [0.25, 0.3) is 0 Å². The largest absolute Gasteiger partial charge is 0.391 e. The smallest absolute Gasteiger partial charge is 0.0760 e. The van der Waals surface area contributed by atoms with E-state index in [0.717, 1.165) is 18.4 Å². The summed E-state index contributed by atoms with van der Waals surface area (Å²) in [6.07, 6.45) is 2.84. The molecule has 1 saturated carbocycles. The quantitative estimate of drug-likeness (QED) is 0.895. The summed E-state index contributed by atoms with van der Waals surface area (Å²) in [5, 5.41) is 11.0. The van der Waals surface area contributed by atoms with E-state index in [1.807, 2.05) is 6.07 Å². The lowest BCUT2D eigenvalue weighted by Crippen LogP contribution is -2.36. The molecule has 0 saturated heterocycles. The van der Waals surface area contributed by atoms with E-state index in [-0.39, 0.29) is 18.4 Å². The lowest BCUT2D eigenvalue weighted by atomic mass is 9.77. The van der Waals surface area contributed by atoms with Crippen LogP contribution in [0.2, 0.25) is 10.0 Å². The van der Waals surface area contributed by atoms with Crippen LogP contribution in [-0.2, 0) is 0 Å². The van der Waals surface area contributed by atoms with Crippen molar-refractivity contribution in [3.63, 3.8) is 0 Å². The molecule has 5 heteroatoms. The first kappa shape index (κ1) is 15.1. The highest BCUT2D eigenvalue weighted by Crippen LogP contribution is 2.35. The second-order valence-corrected chi connectivity index (χ2v) is 5.20. The van der Waals surface area contributed by atoms with Gasteiger partial charge < -0.3 is 10.8 Å². The predicted octanol–water partition coefficient (Wildman–Crippen LogP) is 3.58. The summed E-state index contributed by atoms with van der Waals surface area (Å²) in [7, 11) is 0. The minimum Gasteiger partial charge on any atom is -0.391 e. The van der Waals surface area contributed by atoms with Crippen molar-refractivity contribution in [3.8, 4) is 0 Å². The Morgan fingerprint density at radius 3 is 2.35 bits per heavy atom. The zero-order chi connectivity index (χ0) is 11.7. The van der Waals surface area contributed by atoms with Gasteiger partial charge in [-0.1, -0.05) is 35.7 Å². The first-order valence-electron chi connectivity index (χ1n) is 5.48. The van der Waals surface area contributed by atoms with Gasteiger partial charge in [0.25, 0.3) is 0 Å². The fourth-order valence-corrected chi connectivity index (χ4v) is 2.30. The van der Waals surface area contributed by atoms with Gasteiger partial charge in [0.05, 0.1) is 22.2 Å². The van der Waals surface area contributed by atoms with E-state index >= 15 is 0 Å². The minimum absolute atomic E-state index is 0. The fraction of sp³-hybridized carbons (Fsp3) is 0.500. The molecule has 2 atom stereocenters. The molecule has 1 aliphatic rings. The van der Waals surface area contributed by atoms with Gasteiger partial charge in [0.15, 0.2) is 0 Å². The third kappa shape index (κ3) is 3.27. The molecular formula is C12H16Cl3NO. The van der Waals surface area contributed by atoms with Crippen LogP contribution in [0.1, 0.15) is 30.9 Å². The number of aliphatic hydroxyl groups excluding tert-OH is 1. The van der Waals surface area contributed by atoms with Crippen LogP contribution in [0, 0.1) is 5.92 Å². The number of hydrogen-bond donors (Lipinski definition) is 2. The Balaban J connectivity index is 0.00000144. The summed E-state index contributed by atoms with van der Waals surface area (Å²) < 4.78 is 0. The number of halogens is 3. The zero-order valence-corrected chi connectivity index (χ0v) is 11.6. The average molecular weight is 297 g/mol. The average Bonchev–Trinajstić information content (AvgIpc) is 2.18. The molecule has 2 nitrogen and oxygen atoms in total. The van der Waals surface area contributed by atoms with E-state index in [2.05, 4.69) is 0 Å². The Kier molecular flexibility index (Phi) is 5.55. The van der Waals surface area contributed by atoms with Crippen LogP contribution in [0.4, 0.5) is 0 Å². The summed E-state index contributed by atoms with van der Waals surface area (Å²) in [6, 6.07) is 4.89. The molecule has 17 heavy (non-hydrogen) atoms. The highest BCUT2D eigenvalue weighted by atomic mass is 35.5. The van der Waals surface area contributed by atoms with Crippen molar-refractivity contribution in [1.29, 1.82) is 0 Å². The lowest BCUT2D eigenvalue weighted by Gasteiger charge is -2.33. The highest BCUT2D eigenvalue weighted by molar-refractivity contribution is 6.42. The third-order valence-electron chi connectivity index (χ3n) is 3.33. The molecule has 0 spiro atoms. The van der Waals surface area contributed by atoms with Gasteiger partial charge in [0.2, 0.25) is 0 Å². The van der Waals surface area contributed by atoms with Crippen LogP contribution in [0.15, 0.2) is 18.2 Å². The Morgan fingerprint density at radius 2 is 1.88 bits per heavy atom. The molecule has 1 aromatic carbocycles. The van der Waals surface area contributed by atoms with Gasteiger partial charge in [-0.25, -0.2) is 0 Å². The summed E-state index contributed by atoms with van der Waals surface area (Å²) >= 11 is 11.8. The van der Waals surface area contributed by atoms with Gasteiger partial charge >= 0.3 is 0 Å². The summed E-state index contributed by atoms with van der Waals surface area (Å²) in [6.45, 7) is 0. The summed E-state index contributed by atoms with van der Waals surface area (Å²) in [5.74, 6) is 0.337. The van der Waals surface area contributed by atoms with Crippen LogP contribution < -0.4 is 5.73 Å². The van der Waals surface area contributed by atoms with Crippen LogP contribution >= 0.6 is 35.6 Å². The van der Waals surface area contributed by atoms with E-state index in [1.165, 1.54) is 6.42 Å². The molecule has 0 heterocycles. The van der Waals surface area contributed by atoms with E-state index in [4.69, 9.17) is 28.9 Å². The van der Waals surface area contributed by atoms with Crippen LogP contribution in [0.5, 0.6) is 0 Å². The Hall–Kier alpha value is 0.01000. The number of rotatable bonds is 3. The van der Waals surface area contributed by atoms with Crippen molar-refractivity contribution in [1.82, 2.24) is 0 Å². The van der Waals surface area contributed by atoms with Crippen molar-refractivity contribution in [2.75, 3.05) is 0 Å². The molecule has 0 bridgehead atoms. The second kappa shape index (κ2) is 6.26. The molecule has 0 aliphatic heterocycles. The van der Waals surface area contributed by atoms with Gasteiger partial charge in [-0.15, -0.1) is 12.4 Å². The number of aliphatic hydroxyl groups is 1. The van der Waals surface area contributed by atoms with Gasteiger partial charge in [-0.2, -0.15) is 0 Å². The van der Waals surface area contributed by atoms with Gasteiger partial charge in [0.1, 0.15) is 0 Å². The predicted molar refractivity (Wildman–Crippen MR) is 74.0 cm³/mol. The molecule has 0 radical (unpaired) electrons. The topological polar surface area (TPSA) is 46.2 Å². The minimum atomic E-state index is -0.481. The van der Waals surface area contributed by atoms with Gasteiger partial charge in [0, 0.05) is 0 Å². The molecule has 3 N–H and O–H groups in total. The molecule has 96 valence electrons. The van der Waals surface area contributed by atoms with Crippen molar-refractivity contribution >= 4 is 35.6 Å². The molecule has 0 amide bonds. The third-order valence-corrected chi connectivity index (χ3v) is 4.07. The molecule has 1 aromatic rings. The first-order valence-corrected chi connectivity index (χ1v) is 6.24. The van der Waals surface area contributed by atoms with Crippen molar-refractivity contribution < 1.29 is 5.11 Å². The van der Waals surface area contributed by atoms with Gasteiger partial charge in [-0.3, -0.25) is 0 Å². The monoisotopic (exact) mass is 295 g/mol. The summed E-state index contributed by atoms with van der Waals surface area (Å²) in [4.78, 5) is 0. The number of hydrogen-bond acceptors (Lipinski definition) is 2. The van der Waals surface area contributed by atoms with E-state index in [0.29, 0.717) is 16.0 Å². The molecule has 0 unspecified atom stereocenters. The zero-order valence-electron chi connectivity index (χ0n) is 9.27. The Bertz CT molecular complexity index is 382. The number of benzene rings is 1. The van der Waals surface area contributed by atoms with E-state index < -0.39 is 6.10 Å². The highest BCUT2D eigenvalue weighted by Gasteiger charge is 2.30. The van der Waals surface area contributed by atoms with Crippen molar-refractivity contribution in [3.05, 3.63) is 33.8 Å². The lowest BCUT2D eigenvalue weighted by molar-refractivity contribution is 0.0414. The fourth-order valence-electron chi connectivity index (χ4n) is 1.99. The van der Waals surface area contributed by atoms with Crippen LogP contribution in [0.3, 0.4) is 0 Å². The van der Waals surface area contributed by atoms with Crippen molar-refractivity contribution in [2.45, 2.75) is 31.4 Å². The second-order valence-electron chi connectivity index (χ2n) is 4.38. The Labute approximate surface area is 118 Å². The first-order chi connectivity index (χ1) is 7.59. The van der Waals surface area contributed by atoms with Crippen molar-refractivity contribution in [2.24, 2.45) is 11.7 Å².